The highest BCUT2D eigenvalue weighted by molar-refractivity contribution is 7.92. The first-order chi connectivity index (χ1) is 14.4. The van der Waals surface area contributed by atoms with E-state index in [9.17, 15) is 18.0 Å². The number of benzene rings is 2. The van der Waals surface area contributed by atoms with Crippen molar-refractivity contribution in [2.24, 2.45) is 0 Å². The summed E-state index contributed by atoms with van der Waals surface area (Å²) < 4.78 is 38.0. The van der Waals surface area contributed by atoms with Gasteiger partial charge in [-0.1, -0.05) is 12.1 Å². The fraction of sp³-hybridized carbons (Fsp3) is 0.100. The Bertz CT molecular complexity index is 1130. The van der Waals surface area contributed by atoms with Gasteiger partial charge in [-0.15, -0.1) is 0 Å². The van der Waals surface area contributed by atoms with Gasteiger partial charge in [-0.3, -0.25) is 25.2 Å². The minimum atomic E-state index is -3.96. The predicted molar refractivity (Wildman–Crippen MR) is 109 cm³/mol. The number of hydrazine groups is 1. The van der Waals surface area contributed by atoms with Gasteiger partial charge in [0.1, 0.15) is 5.75 Å². The minimum Gasteiger partial charge on any atom is -0.494 e. The maximum atomic E-state index is 12.7. The summed E-state index contributed by atoms with van der Waals surface area (Å²) in [5.74, 6) is -0.802. The van der Waals surface area contributed by atoms with Crippen molar-refractivity contribution in [2.45, 2.75) is 11.8 Å². The zero-order valence-electron chi connectivity index (χ0n) is 15.9. The summed E-state index contributed by atoms with van der Waals surface area (Å²) in [6.07, 6.45) is 1.32. The number of amides is 2. The number of hydrogen-bond acceptors (Lipinski definition) is 6. The van der Waals surface area contributed by atoms with Crippen LogP contribution in [0, 0.1) is 0 Å². The lowest BCUT2D eigenvalue weighted by atomic mass is 10.2. The molecule has 9 nitrogen and oxygen atoms in total. The van der Waals surface area contributed by atoms with E-state index in [4.69, 9.17) is 9.15 Å². The van der Waals surface area contributed by atoms with E-state index in [-0.39, 0.29) is 21.9 Å². The Morgan fingerprint density at radius 1 is 0.933 bits per heavy atom. The lowest BCUT2D eigenvalue weighted by Crippen LogP contribution is -2.41. The van der Waals surface area contributed by atoms with Crippen molar-refractivity contribution < 1.29 is 27.2 Å². The molecule has 0 aliphatic heterocycles. The van der Waals surface area contributed by atoms with Crippen molar-refractivity contribution in [3.8, 4) is 5.75 Å². The summed E-state index contributed by atoms with van der Waals surface area (Å²) in [6.45, 7) is 2.29. The number of sulfonamides is 1. The lowest BCUT2D eigenvalue weighted by Gasteiger charge is -2.13. The van der Waals surface area contributed by atoms with Crippen LogP contribution < -0.4 is 20.3 Å². The average Bonchev–Trinajstić information content (AvgIpc) is 3.28. The van der Waals surface area contributed by atoms with E-state index in [1.165, 1.54) is 42.7 Å². The standard InChI is InChI=1S/C20H19N3O6S/c1-2-28-14-9-11-15(12-10-14)30(26,27)23-17-7-4-3-6-16(17)19(24)21-22-20(25)18-8-5-13-29-18/h3-13,23H,2H2,1H3,(H,21,24)(H,22,25). The molecular formula is C20H19N3O6S. The molecule has 3 aromatic rings. The summed E-state index contributed by atoms with van der Waals surface area (Å²) in [7, 11) is -3.96. The molecule has 0 aliphatic carbocycles. The van der Waals surface area contributed by atoms with Gasteiger partial charge in [0.25, 0.3) is 15.9 Å². The lowest BCUT2D eigenvalue weighted by molar-refractivity contribution is 0.0831. The van der Waals surface area contributed by atoms with E-state index in [1.807, 2.05) is 6.92 Å². The van der Waals surface area contributed by atoms with Gasteiger partial charge >= 0.3 is 5.91 Å². The van der Waals surface area contributed by atoms with Crippen LogP contribution in [0.5, 0.6) is 5.75 Å². The van der Waals surface area contributed by atoms with Crippen molar-refractivity contribution in [3.63, 3.8) is 0 Å². The van der Waals surface area contributed by atoms with Crippen molar-refractivity contribution in [2.75, 3.05) is 11.3 Å². The van der Waals surface area contributed by atoms with Gasteiger partial charge in [0, 0.05) is 0 Å². The molecule has 0 saturated carbocycles. The smallest absolute Gasteiger partial charge is 0.305 e. The molecule has 1 heterocycles. The van der Waals surface area contributed by atoms with Crippen molar-refractivity contribution in [1.29, 1.82) is 0 Å². The molecule has 2 amide bonds. The first-order valence-electron chi connectivity index (χ1n) is 8.89. The molecule has 0 aliphatic rings. The predicted octanol–water partition coefficient (Wildman–Crippen LogP) is 2.55. The molecule has 0 fully saturated rings. The van der Waals surface area contributed by atoms with Crippen molar-refractivity contribution >= 4 is 27.5 Å². The molecule has 0 atom stereocenters. The fourth-order valence-corrected chi connectivity index (χ4v) is 3.59. The Kier molecular flexibility index (Phi) is 6.38. The molecule has 3 N–H and O–H groups in total. The largest absolute Gasteiger partial charge is 0.494 e. The highest BCUT2D eigenvalue weighted by Crippen LogP contribution is 2.22. The quantitative estimate of drug-likeness (QED) is 0.496. The third kappa shape index (κ3) is 4.97. The molecule has 0 spiro atoms. The van der Waals surface area contributed by atoms with Gasteiger partial charge in [0.05, 0.1) is 29.0 Å². The molecule has 3 rings (SSSR count). The highest BCUT2D eigenvalue weighted by Gasteiger charge is 2.19. The van der Waals surface area contributed by atoms with Crippen LogP contribution in [0.4, 0.5) is 5.69 Å². The van der Waals surface area contributed by atoms with E-state index < -0.39 is 21.8 Å². The van der Waals surface area contributed by atoms with Gasteiger partial charge in [-0.05, 0) is 55.5 Å². The molecule has 1 aromatic heterocycles. The van der Waals surface area contributed by atoms with E-state index in [1.54, 1.807) is 24.3 Å². The van der Waals surface area contributed by atoms with E-state index >= 15 is 0 Å². The third-order valence-corrected chi connectivity index (χ3v) is 5.28. The fourth-order valence-electron chi connectivity index (χ4n) is 2.51. The highest BCUT2D eigenvalue weighted by atomic mass is 32.2. The third-order valence-electron chi connectivity index (χ3n) is 3.90. The summed E-state index contributed by atoms with van der Waals surface area (Å²) in [5, 5.41) is 0. The number of nitrogens with one attached hydrogen (secondary N) is 3. The zero-order chi connectivity index (χ0) is 21.6. The second-order valence-electron chi connectivity index (χ2n) is 5.94. The van der Waals surface area contributed by atoms with Gasteiger partial charge in [-0.25, -0.2) is 8.42 Å². The summed E-state index contributed by atoms with van der Waals surface area (Å²) in [6, 6.07) is 14.9. The topological polar surface area (TPSA) is 127 Å². The molecule has 156 valence electrons. The Labute approximate surface area is 173 Å². The zero-order valence-corrected chi connectivity index (χ0v) is 16.7. The Morgan fingerprint density at radius 3 is 2.30 bits per heavy atom. The van der Waals surface area contributed by atoms with Crippen molar-refractivity contribution in [1.82, 2.24) is 10.9 Å². The van der Waals surface area contributed by atoms with Crippen LogP contribution in [0.3, 0.4) is 0 Å². The second-order valence-corrected chi connectivity index (χ2v) is 7.62. The molecular weight excluding hydrogens is 410 g/mol. The van der Waals surface area contributed by atoms with Crippen LogP contribution >= 0.6 is 0 Å². The number of anilines is 1. The summed E-state index contributed by atoms with van der Waals surface area (Å²) in [5.41, 5.74) is 4.50. The molecule has 0 bridgehead atoms. The van der Waals surface area contributed by atoms with Crippen LogP contribution in [0.1, 0.15) is 27.8 Å². The second kappa shape index (κ2) is 9.14. The van der Waals surface area contributed by atoms with Gasteiger partial charge in [0.2, 0.25) is 0 Å². The molecule has 10 heteroatoms. The first kappa shape index (κ1) is 20.9. The SMILES string of the molecule is CCOc1ccc(S(=O)(=O)Nc2ccccc2C(=O)NNC(=O)c2ccco2)cc1. The number of carbonyl (C=O) groups is 2. The monoisotopic (exact) mass is 429 g/mol. The van der Waals surface area contributed by atoms with Gasteiger partial charge < -0.3 is 9.15 Å². The number of furan rings is 1. The number of ether oxygens (including phenoxy) is 1. The first-order valence-corrected chi connectivity index (χ1v) is 10.4. The molecule has 0 unspecified atom stereocenters. The molecule has 30 heavy (non-hydrogen) atoms. The van der Waals surface area contributed by atoms with Gasteiger partial charge in [0.15, 0.2) is 5.76 Å². The number of carbonyl (C=O) groups excluding carboxylic acids is 2. The van der Waals surface area contributed by atoms with E-state index in [2.05, 4.69) is 15.6 Å². The van der Waals surface area contributed by atoms with Crippen LogP contribution in [0.2, 0.25) is 0 Å². The summed E-state index contributed by atoms with van der Waals surface area (Å²) in [4.78, 5) is 24.4. The normalized spacial score (nSPS) is 10.8. The molecule has 0 saturated heterocycles. The maximum Gasteiger partial charge on any atom is 0.305 e. The Balaban J connectivity index is 1.74. The number of hydrogen-bond donors (Lipinski definition) is 3. The van der Waals surface area contributed by atoms with Crippen LogP contribution in [0.25, 0.3) is 0 Å². The summed E-state index contributed by atoms with van der Waals surface area (Å²) >= 11 is 0. The van der Waals surface area contributed by atoms with Crippen LogP contribution in [-0.4, -0.2) is 26.8 Å². The Hall–Kier alpha value is -3.79. The van der Waals surface area contributed by atoms with Crippen LogP contribution in [0.15, 0.2) is 76.2 Å². The van der Waals surface area contributed by atoms with Crippen molar-refractivity contribution in [3.05, 3.63) is 78.3 Å². The van der Waals surface area contributed by atoms with Crippen LogP contribution in [-0.2, 0) is 10.0 Å². The average molecular weight is 429 g/mol. The number of rotatable bonds is 7. The van der Waals surface area contributed by atoms with E-state index in [0.29, 0.717) is 12.4 Å². The molecule has 2 aromatic carbocycles. The molecule has 0 radical (unpaired) electrons. The number of para-hydroxylation sites is 1. The minimum absolute atomic E-state index is 0.00675. The Morgan fingerprint density at radius 2 is 1.63 bits per heavy atom. The van der Waals surface area contributed by atoms with E-state index in [0.717, 1.165) is 0 Å². The van der Waals surface area contributed by atoms with Gasteiger partial charge in [-0.2, -0.15) is 0 Å². The maximum absolute atomic E-state index is 12.7.